The van der Waals surface area contributed by atoms with Crippen LogP contribution in [0.2, 0.25) is 0 Å². The van der Waals surface area contributed by atoms with Gasteiger partial charge in [-0.2, -0.15) is 0 Å². The van der Waals surface area contributed by atoms with E-state index in [1.807, 2.05) is 12.1 Å². The quantitative estimate of drug-likeness (QED) is 0.860. The lowest BCUT2D eigenvalue weighted by molar-refractivity contribution is -0.137. The number of nitrogens with zero attached hydrogens (tertiary/aromatic N) is 1. The molecule has 1 N–H and O–H groups in total. The Bertz CT molecular complexity index is 497. The molecule has 0 radical (unpaired) electrons. The third kappa shape index (κ3) is 2.09. The third-order valence-electron chi connectivity index (χ3n) is 3.04. The Morgan fingerprint density at radius 2 is 2.06 bits per heavy atom. The van der Waals surface area contributed by atoms with E-state index in [9.17, 15) is 9.59 Å². The molecule has 0 fully saturated rings. The number of hydrogen-bond acceptors (Lipinski definition) is 3. The number of anilines is 2. The highest BCUT2D eigenvalue weighted by molar-refractivity contribution is 6.11. The maximum Gasteiger partial charge on any atom is 0.259 e. The van der Waals surface area contributed by atoms with Gasteiger partial charge in [-0.15, -0.1) is 0 Å². The molecule has 1 aliphatic heterocycles. The van der Waals surface area contributed by atoms with Crippen molar-refractivity contribution in [3.63, 3.8) is 0 Å². The first kappa shape index (κ1) is 12.6. The minimum atomic E-state index is -0.954. The first-order valence-electron chi connectivity index (χ1n) is 5.71. The molecule has 0 aliphatic carbocycles. The smallest absolute Gasteiger partial charge is 0.259 e. The fraction of sp³-hybridized carbons (Fsp3) is 0.385. The van der Waals surface area contributed by atoms with Crippen LogP contribution < -0.4 is 10.2 Å². The summed E-state index contributed by atoms with van der Waals surface area (Å²) in [6.07, 6.45) is 0. The van der Waals surface area contributed by atoms with Crippen LogP contribution in [0.15, 0.2) is 24.3 Å². The van der Waals surface area contributed by atoms with E-state index in [-0.39, 0.29) is 18.4 Å². The lowest BCUT2D eigenvalue weighted by Gasteiger charge is -2.34. The average Bonchev–Trinajstić information content (AvgIpc) is 2.36. The van der Waals surface area contributed by atoms with Gasteiger partial charge in [0, 0.05) is 7.11 Å². The second-order valence-corrected chi connectivity index (χ2v) is 4.67. The summed E-state index contributed by atoms with van der Waals surface area (Å²) in [5, 5.41) is 2.74. The molecule has 0 unspecified atom stereocenters. The Balaban J connectivity index is 2.41. The zero-order chi connectivity index (χ0) is 13.3. The van der Waals surface area contributed by atoms with E-state index in [1.54, 1.807) is 26.0 Å². The maximum atomic E-state index is 12.4. The topological polar surface area (TPSA) is 58.6 Å². The number of methoxy groups -OCH3 is 1. The Hall–Kier alpha value is -1.88. The number of benzene rings is 1. The summed E-state index contributed by atoms with van der Waals surface area (Å²) in [5.41, 5.74) is 0.395. The van der Waals surface area contributed by atoms with Gasteiger partial charge in [0.15, 0.2) is 0 Å². The van der Waals surface area contributed by atoms with E-state index < -0.39 is 5.60 Å². The molecule has 0 saturated carbocycles. The minimum Gasteiger partial charge on any atom is -0.369 e. The zero-order valence-electron chi connectivity index (χ0n) is 10.7. The largest absolute Gasteiger partial charge is 0.369 e. The average molecular weight is 248 g/mol. The van der Waals surface area contributed by atoms with Crippen LogP contribution in [0.1, 0.15) is 13.8 Å². The summed E-state index contributed by atoms with van der Waals surface area (Å²) >= 11 is 0. The molecule has 18 heavy (non-hydrogen) atoms. The van der Waals surface area contributed by atoms with Crippen LogP contribution in [0.25, 0.3) is 0 Å². The summed E-state index contributed by atoms with van der Waals surface area (Å²) in [5.74, 6) is -0.429. The van der Waals surface area contributed by atoms with Crippen molar-refractivity contribution in [2.75, 3.05) is 23.9 Å². The standard InChI is InChI=1S/C13H16N2O3/c1-13(2,18-3)12(17)15-8-11(16)14-9-6-4-5-7-10(9)15/h4-7H,8H2,1-3H3,(H,14,16). The Labute approximate surface area is 106 Å². The van der Waals surface area contributed by atoms with Crippen molar-refractivity contribution in [3.8, 4) is 0 Å². The van der Waals surface area contributed by atoms with Crippen molar-refractivity contribution in [3.05, 3.63) is 24.3 Å². The summed E-state index contributed by atoms with van der Waals surface area (Å²) in [6, 6.07) is 7.22. The number of amides is 2. The van der Waals surface area contributed by atoms with Crippen molar-refractivity contribution in [2.24, 2.45) is 0 Å². The van der Waals surface area contributed by atoms with Crippen LogP contribution in [0.5, 0.6) is 0 Å². The minimum absolute atomic E-state index is 0.0165. The molecule has 0 aromatic heterocycles. The molecule has 2 rings (SSSR count). The van der Waals surface area contributed by atoms with Crippen LogP contribution in [-0.2, 0) is 14.3 Å². The number of carbonyl (C=O) groups excluding carboxylic acids is 2. The first-order chi connectivity index (χ1) is 8.45. The SMILES string of the molecule is COC(C)(C)C(=O)N1CC(=O)Nc2ccccc21. The van der Waals surface area contributed by atoms with E-state index in [4.69, 9.17) is 4.74 Å². The predicted octanol–water partition coefficient (Wildman–Crippen LogP) is 1.40. The molecule has 96 valence electrons. The van der Waals surface area contributed by atoms with Gasteiger partial charge in [-0.25, -0.2) is 0 Å². The van der Waals surface area contributed by atoms with Crippen LogP contribution in [0, 0.1) is 0 Å². The summed E-state index contributed by atoms with van der Waals surface area (Å²) in [7, 11) is 1.48. The fourth-order valence-electron chi connectivity index (χ4n) is 1.83. The molecule has 0 saturated heterocycles. The van der Waals surface area contributed by atoms with Crippen molar-refractivity contribution in [2.45, 2.75) is 19.4 Å². The lowest BCUT2D eigenvalue weighted by Crippen LogP contribution is -2.51. The monoisotopic (exact) mass is 248 g/mol. The Kier molecular flexibility index (Phi) is 3.09. The first-order valence-corrected chi connectivity index (χ1v) is 5.71. The number of nitrogens with one attached hydrogen (secondary N) is 1. The van der Waals surface area contributed by atoms with Gasteiger partial charge >= 0.3 is 0 Å². The molecule has 1 heterocycles. The predicted molar refractivity (Wildman–Crippen MR) is 68.5 cm³/mol. The van der Waals surface area contributed by atoms with E-state index in [1.165, 1.54) is 12.0 Å². The lowest BCUT2D eigenvalue weighted by atomic mass is 10.1. The summed E-state index contributed by atoms with van der Waals surface area (Å²) < 4.78 is 5.18. The van der Waals surface area contributed by atoms with Gasteiger partial charge in [0.2, 0.25) is 5.91 Å². The zero-order valence-corrected chi connectivity index (χ0v) is 10.7. The molecule has 0 spiro atoms. The molecule has 0 atom stereocenters. The number of para-hydroxylation sites is 2. The summed E-state index contributed by atoms with van der Waals surface area (Å²) in [6.45, 7) is 3.39. The van der Waals surface area contributed by atoms with Crippen LogP contribution in [0.3, 0.4) is 0 Å². The number of carbonyl (C=O) groups is 2. The van der Waals surface area contributed by atoms with Crippen molar-refractivity contribution in [1.82, 2.24) is 0 Å². The van der Waals surface area contributed by atoms with Crippen LogP contribution in [-0.4, -0.2) is 31.1 Å². The molecular formula is C13H16N2O3. The van der Waals surface area contributed by atoms with E-state index in [2.05, 4.69) is 5.32 Å². The number of hydrogen-bond donors (Lipinski definition) is 1. The molecule has 1 aromatic rings. The van der Waals surface area contributed by atoms with Gasteiger partial charge in [0.25, 0.3) is 5.91 Å². The molecule has 5 nitrogen and oxygen atoms in total. The number of fused-ring (bicyclic) bond motifs is 1. The van der Waals surface area contributed by atoms with Gasteiger partial charge in [-0.1, -0.05) is 12.1 Å². The highest BCUT2D eigenvalue weighted by Crippen LogP contribution is 2.30. The van der Waals surface area contributed by atoms with Gasteiger partial charge in [0.1, 0.15) is 12.1 Å². The molecule has 2 amide bonds. The van der Waals surface area contributed by atoms with E-state index >= 15 is 0 Å². The van der Waals surface area contributed by atoms with Crippen molar-refractivity contribution < 1.29 is 14.3 Å². The number of rotatable bonds is 2. The normalized spacial score (nSPS) is 15.1. The summed E-state index contributed by atoms with van der Waals surface area (Å²) in [4.78, 5) is 25.4. The highest BCUT2D eigenvalue weighted by Gasteiger charge is 2.36. The van der Waals surface area contributed by atoms with E-state index in [0.717, 1.165) is 0 Å². The molecule has 1 aliphatic rings. The third-order valence-corrected chi connectivity index (χ3v) is 3.04. The Morgan fingerprint density at radius 1 is 1.39 bits per heavy atom. The van der Waals surface area contributed by atoms with Crippen LogP contribution >= 0.6 is 0 Å². The maximum absolute atomic E-state index is 12.4. The molecule has 1 aromatic carbocycles. The fourth-order valence-corrected chi connectivity index (χ4v) is 1.83. The highest BCUT2D eigenvalue weighted by atomic mass is 16.5. The second kappa shape index (κ2) is 4.42. The van der Waals surface area contributed by atoms with Gasteiger partial charge in [-0.3, -0.25) is 14.5 Å². The Morgan fingerprint density at radius 3 is 2.72 bits per heavy atom. The molecular weight excluding hydrogens is 232 g/mol. The number of ether oxygens (including phenoxy) is 1. The van der Waals surface area contributed by atoms with Gasteiger partial charge in [-0.05, 0) is 26.0 Å². The van der Waals surface area contributed by atoms with Crippen molar-refractivity contribution >= 4 is 23.2 Å². The molecule has 0 bridgehead atoms. The van der Waals surface area contributed by atoms with E-state index in [0.29, 0.717) is 11.4 Å². The molecule has 5 heteroatoms. The van der Waals surface area contributed by atoms with Gasteiger partial charge < -0.3 is 10.1 Å². The van der Waals surface area contributed by atoms with Gasteiger partial charge in [0.05, 0.1) is 11.4 Å². The van der Waals surface area contributed by atoms with Crippen LogP contribution in [0.4, 0.5) is 11.4 Å². The second-order valence-electron chi connectivity index (χ2n) is 4.67. The van der Waals surface area contributed by atoms with Crippen molar-refractivity contribution in [1.29, 1.82) is 0 Å².